The van der Waals surface area contributed by atoms with Gasteiger partial charge in [-0.15, -0.1) is 11.3 Å². The number of fused-ring (bicyclic) bond motifs is 1. The summed E-state index contributed by atoms with van der Waals surface area (Å²) in [5.41, 5.74) is 2.45. The number of rotatable bonds is 7. The molecular weight excluding hydrogens is 410 g/mol. The fraction of sp³-hybridized carbons (Fsp3) is 0.150. The number of thiophene rings is 1. The summed E-state index contributed by atoms with van der Waals surface area (Å²) >= 11 is 7.57. The van der Waals surface area contributed by atoms with E-state index in [9.17, 15) is 4.79 Å². The van der Waals surface area contributed by atoms with Crippen molar-refractivity contribution in [1.29, 1.82) is 0 Å². The Morgan fingerprint density at radius 1 is 1.28 bits per heavy atom. The van der Waals surface area contributed by atoms with Gasteiger partial charge in [0.1, 0.15) is 5.82 Å². The van der Waals surface area contributed by atoms with E-state index in [1.807, 2.05) is 41.8 Å². The fourth-order valence-electron chi connectivity index (χ4n) is 2.81. The molecular formula is C20H18ClN5O2S. The summed E-state index contributed by atoms with van der Waals surface area (Å²) in [6, 6.07) is 11.2. The Labute approximate surface area is 176 Å². The minimum Gasteiger partial charge on any atom is -0.383 e. The van der Waals surface area contributed by atoms with E-state index in [4.69, 9.17) is 16.3 Å². The van der Waals surface area contributed by atoms with E-state index in [1.165, 1.54) is 11.3 Å². The van der Waals surface area contributed by atoms with Crippen LogP contribution in [0.4, 0.5) is 11.5 Å². The van der Waals surface area contributed by atoms with Crippen molar-refractivity contribution >= 4 is 51.3 Å². The first-order valence-electron chi connectivity index (χ1n) is 8.87. The molecule has 29 heavy (non-hydrogen) atoms. The quantitative estimate of drug-likeness (QED) is 0.431. The predicted molar refractivity (Wildman–Crippen MR) is 116 cm³/mol. The van der Waals surface area contributed by atoms with Crippen LogP contribution < -0.4 is 10.6 Å². The Hall–Kier alpha value is -2.94. The first-order chi connectivity index (χ1) is 14.2. The topological polar surface area (TPSA) is 81.1 Å². The van der Waals surface area contributed by atoms with Crippen LogP contribution in [0.1, 0.15) is 9.67 Å². The standard InChI is InChI=1S/C20H18ClN5O2S/c1-28-7-6-22-20(27)18-9-14(12-29-18)26-17-11-23-19(8-13(17)10-24-26)25-16-5-3-2-4-15(16)21/h2-5,8-12H,6-7H2,1H3,(H,22,27)(H,23,25). The Morgan fingerprint density at radius 3 is 2.97 bits per heavy atom. The highest BCUT2D eigenvalue weighted by Gasteiger charge is 2.13. The largest absolute Gasteiger partial charge is 0.383 e. The number of pyridine rings is 1. The maximum absolute atomic E-state index is 12.2. The summed E-state index contributed by atoms with van der Waals surface area (Å²) in [7, 11) is 1.60. The molecule has 1 amide bonds. The number of nitrogens with one attached hydrogen (secondary N) is 2. The van der Waals surface area contributed by atoms with Crippen molar-refractivity contribution < 1.29 is 9.53 Å². The Morgan fingerprint density at radius 2 is 2.14 bits per heavy atom. The Balaban J connectivity index is 1.55. The summed E-state index contributed by atoms with van der Waals surface area (Å²) in [4.78, 5) is 17.3. The molecule has 0 spiro atoms. The van der Waals surface area contributed by atoms with Crippen molar-refractivity contribution in [3.05, 3.63) is 64.1 Å². The molecule has 148 valence electrons. The van der Waals surface area contributed by atoms with Crippen LogP contribution in [0.2, 0.25) is 5.02 Å². The van der Waals surface area contributed by atoms with Crippen LogP contribution >= 0.6 is 22.9 Å². The number of amides is 1. The number of benzene rings is 1. The van der Waals surface area contributed by atoms with Crippen molar-refractivity contribution in [2.24, 2.45) is 0 Å². The molecule has 0 aliphatic rings. The van der Waals surface area contributed by atoms with Crippen LogP contribution in [0, 0.1) is 0 Å². The number of nitrogens with zero attached hydrogens (tertiary/aromatic N) is 3. The summed E-state index contributed by atoms with van der Waals surface area (Å²) in [5, 5.41) is 13.9. The molecule has 7 nitrogen and oxygen atoms in total. The number of methoxy groups -OCH3 is 1. The molecule has 0 saturated heterocycles. The van der Waals surface area contributed by atoms with Gasteiger partial charge in [-0.3, -0.25) is 4.79 Å². The van der Waals surface area contributed by atoms with Gasteiger partial charge in [-0.25, -0.2) is 9.67 Å². The molecule has 0 aliphatic carbocycles. The average Bonchev–Trinajstić information content (AvgIpc) is 3.36. The SMILES string of the molecule is COCCNC(=O)c1cc(-n2ncc3cc(Nc4ccccc4Cl)ncc32)cs1. The van der Waals surface area contributed by atoms with Crippen LogP contribution in [-0.2, 0) is 4.74 Å². The normalized spacial score (nSPS) is 11.0. The van der Waals surface area contributed by atoms with Gasteiger partial charge in [0.15, 0.2) is 0 Å². The predicted octanol–water partition coefficient (Wildman–Crippen LogP) is 4.26. The van der Waals surface area contributed by atoms with Gasteiger partial charge in [-0.05, 0) is 24.3 Å². The molecule has 9 heteroatoms. The summed E-state index contributed by atoms with van der Waals surface area (Å²) < 4.78 is 6.72. The van der Waals surface area contributed by atoms with Gasteiger partial charge in [-0.1, -0.05) is 23.7 Å². The first-order valence-corrected chi connectivity index (χ1v) is 10.1. The fourth-order valence-corrected chi connectivity index (χ4v) is 3.78. The molecule has 4 aromatic rings. The summed E-state index contributed by atoms with van der Waals surface area (Å²) in [6.07, 6.45) is 3.52. The monoisotopic (exact) mass is 427 g/mol. The Bertz CT molecular complexity index is 1160. The number of carbonyl (C=O) groups excluding carboxylic acids is 1. The molecule has 4 rings (SSSR count). The number of halogens is 1. The maximum atomic E-state index is 12.2. The van der Waals surface area contributed by atoms with Crippen molar-refractivity contribution in [1.82, 2.24) is 20.1 Å². The number of aromatic nitrogens is 3. The lowest BCUT2D eigenvalue weighted by Crippen LogP contribution is -2.26. The van der Waals surface area contributed by atoms with Crippen molar-refractivity contribution in [3.8, 4) is 5.69 Å². The number of anilines is 2. The van der Waals surface area contributed by atoms with Crippen LogP contribution in [0.3, 0.4) is 0 Å². The number of carbonyl (C=O) groups is 1. The van der Waals surface area contributed by atoms with E-state index in [2.05, 4.69) is 20.7 Å². The molecule has 0 bridgehead atoms. The minimum atomic E-state index is -0.126. The Kier molecular flexibility index (Phi) is 5.75. The van der Waals surface area contributed by atoms with E-state index < -0.39 is 0 Å². The lowest BCUT2D eigenvalue weighted by Gasteiger charge is -2.07. The molecule has 1 aromatic carbocycles. The third kappa shape index (κ3) is 4.24. The summed E-state index contributed by atoms with van der Waals surface area (Å²) in [5.74, 6) is 0.549. The van der Waals surface area contributed by atoms with Gasteiger partial charge in [0.25, 0.3) is 5.91 Å². The second-order valence-corrected chi connectivity index (χ2v) is 7.53. The van der Waals surface area contributed by atoms with Crippen LogP contribution in [0.15, 0.2) is 54.2 Å². The van der Waals surface area contributed by atoms with Crippen molar-refractivity contribution in [3.63, 3.8) is 0 Å². The number of ether oxygens (including phenoxy) is 1. The van der Waals surface area contributed by atoms with Crippen LogP contribution in [0.25, 0.3) is 16.6 Å². The molecule has 3 heterocycles. The van der Waals surface area contributed by atoms with Gasteiger partial charge < -0.3 is 15.4 Å². The lowest BCUT2D eigenvalue weighted by atomic mass is 10.3. The number of para-hydroxylation sites is 1. The lowest BCUT2D eigenvalue weighted by molar-refractivity contribution is 0.0941. The smallest absolute Gasteiger partial charge is 0.261 e. The van der Waals surface area contributed by atoms with Gasteiger partial charge in [0.2, 0.25) is 0 Å². The van der Waals surface area contributed by atoms with E-state index in [-0.39, 0.29) is 5.91 Å². The molecule has 0 fully saturated rings. The minimum absolute atomic E-state index is 0.126. The highest BCUT2D eigenvalue weighted by Crippen LogP contribution is 2.27. The van der Waals surface area contributed by atoms with Gasteiger partial charge >= 0.3 is 0 Å². The molecule has 0 aliphatic heterocycles. The molecule has 2 N–H and O–H groups in total. The van der Waals surface area contributed by atoms with E-state index in [0.29, 0.717) is 28.9 Å². The highest BCUT2D eigenvalue weighted by atomic mass is 35.5. The van der Waals surface area contributed by atoms with Gasteiger partial charge in [0.05, 0.1) is 45.8 Å². The molecule has 0 unspecified atom stereocenters. The molecule has 0 saturated carbocycles. The average molecular weight is 428 g/mol. The van der Waals surface area contributed by atoms with Crippen LogP contribution in [-0.4, -0.2) is 40.9 Å². The van der Waals surface area contributed by atoms with E-state index in [1.54, 1.807) is 24.2 Å². The zero-order valence-electron chi connectivity index (χ0n) is 15.6. The highest BCUT2D eigenvalue weighted by molar-refractivity contribution is 7.12. The third-order valence-electron chi connectivity index (χ3n) is 4.24. The third-order valence-corrected chi connectivity index (χ3v) is 5.48. The van der Waals surface area contributed by atoms with Gasteiger partial charge in [0, 0.05) is 24.4 Å². The van der Waals surface area contributed by atoms with Crippen LogP contribution in [0.5, 0.6) is 0 Å². The van der Waals surface area contributed by atoms with Gasteiger partial charge in [-0.2, -0.15) is 5.10 Å². The molecule has 3 aromatic heterocycles. The van der Waals surface area contributed by atoms with E-state index in [0.717, 1.165) is 22.3 Å². The zero-order valence-corrected chi connectivity index (χ0v) is 17.1. The summed E-state index contributed by atoms with van der Waals surface area (Å²) in [6.45, 7) is 0.947. The molecule has 0 atom stereocenters. The molecule has 0 radical (unpaired) electrons. The van der Waals surface area contributed by atoms with E-state index >= 15 is 0 Å². The second kappa shape index (κ2) is 8.60. The number of hydrogen-bond donors (Lipinski definition) is 2. The van der Waals surface area contributed by atoms with Crippen molar-refractivity contribution in [2.75, 3.05) is 25.6 Å². The maximum Gasteiger partial charge on any atom is 0.261 e. The second-order valence-electron chi connectivity index (χ2n) is 6.21. The van der Waals surface area contributed by atoms with Crippen molar-refractivity contribution in [2.45, 2.75) is 0 Å². The zero-order chi connectivity index (χ0) is 20.2. The first kappa shape index (κ1) is 19.4. The number of hydrogen-bond acceptors (Lipinski definition) is 6.